The Kier molecular flexibility index (Phi) is 6.02. The van der Waals surface area contributed by atoms with Crippen molar-refractivity contribution < 1.29 is 17.9 Å². The van der Waals surface area contributed by atoms with Gasteiger partial charge in [0.2, 0.25) is 15.9 Å². The second kappa shape index (κ2) is 7.56. The Labute approximate surface area is 157 Å². The summed E-state index contributed by atoms with van der Waals surface area (Å²) in [5.74, 6) is 0.750. The fourth-order valence-corrected chi connectivity index (χ4v) is 4.43. The molecular formula is C19H30N2O4S. The fourth-order valence-electron chi connectivity index (χ4n) is 2.92. The van der Waals surface area contributed by atoms with Gasteiger partial charge in [0, 0.05) is 31.6 Å². The molecule has 1 aliphatic heterocycles. The molecule has 7 heteroatoms. The van der Waals surface area contributed by atoms with Crippen molar-refractivity contribution in [3.63, 3.8) is 0 Å². The number of carbonyl (C=O) groups is 1. The van der Waals surface area contributed by atoms with Gasteiger partial charge in [0.1, 0.15) is 5.75 Å². The molecule has 1 aliphatic rings. The van der Waals surface area contributed by atoms with Gasteiger partial charge in [-0.2, -0.15) is 4.31 Å². The van der Waals surface area contributed by atoms with E-state index in [-0.39, 0.29) is 16.9 Å². The van der Waals surface area contributed by atoms with Gasteiger partial charge < -0.3 is 9.64 Å². The Hall–Kier alpha value is -1.60. The summed E-state index contributed by atoms with van der Waals surface area (Å²) in [7, 11) is -3.57. The highest BCUT2D eigenvalue weighted by Crippen LogP contribution is 2.26. The van der Waals surface area contributed by atoms with Crippen LogP contribution in [-0.2, 0) is 14.8 Å². The lowest BCUT2D eigenvalue weighted by Gasteiger charge is -2.37. The molecule has 0 aliphatic carbocycles. The molecule has 1 saturated heterocycles. The standard InChI is InChI=1S/C19H30N2O4S/c1-14(2)25-17-8-7-16(13-15(17)3)26(23,24)21-11-9-20(10-12-21)18(22)19(4,5)6/h7-8,13-14H,9-12H2,1-6H3. The summed E-state index contributed by atoms with van der Waals surface area (Å²) in [6.45, 7) is 12.8. The summed E-state index contributed by atoms with van der Waals surface area (Å²) in [6, 6.07) is 4.95. The number of carbonyl (C=O) groups excluding carboxylic acids is 1. The summed E-state index contributed by atoms with van der Waals surface area (Å²) in [6.07, 6.45) is 0.0320. The predicted octanol–water partition coefficient (Wildman–Crippen LogP) is 2.66. The zero-order valence-electron chi connectivity index (χ0n) is 16.6. The van der Waals surface area contributed by atoms with Gasteiger partial charge in [-0.25, -0.2) is 8.42 Å². The summed E-state index contributed by atoms with van der Waals surface area (Å²) in [4.78, 5) is 14.4. The van der Waals surface area contributed by atoms with Gasteiger partial charge >= 0.3 is 0 Å². The molecule has 0 unspecified atom stereocenters. The van der Waals surface area contributed by atoms with E-state index in [0.717, 1.165) is 5.56 Å². The lowest BCUT2D eigenvalue weighted by Crippen LogP contribution is -2.52. The van der Waals surface area contributed by atoms with Crippen molar-refractivity contribution in [1.82, 2.24) is 9.21 Å². The Morgan fingerprint density at radius 1 is 1.12 bits per heavy atom. The van der Waals surface area contributed by atoms with Crippen molar-refractivity contribution in [1.29, 1.82) is 0 Å². The molecule has 0 spiro atoms. The first-order valence-electron chi connectivity index (χ1n) is 9.00. The molecular weight excluding hydrogens is 352 g/mol. The van der Waals surface area contributed by atoms with E-state index in [1.54, 1.807) is 23.1 Å². The maximum absolute atomic E-state index is 12.9. The second-order valence-electron chi connectivity index (χ2n) is 8.04. The summed E-state index contributed by atoms with van der Waals surface area (Å²) < 4.78 is 33.0. The molecule has 0 atom stereocenters. The van der Waals surface area contributed by atoms with Crippen LogP contribution in [-0.4, -0.2) is 55.8 Å². The highest BCUT2D eigenvalue weighted by atomic mass is 32.2. The van der Waals surface area contributed by atoms with E-state index in [4.69, 9.17) is 4.74 Å². The van der Waals surface area contributed by atoms with Crippen LogP contribution < -0.4 is 4.74 Å². The lowest BCUT2D eigenvalue weighted by atomic mass is 9.94. The number of ether oxygens (including phenoxy) is 1. The lowest BCUT2D eigenvalue weighted by molar-refractivity contribution is -0.140. The molecule has 1 amide bonds. The van der Waals surface area contributed by atoms with E-state index in [0.29, 0.717) is 31.9 Å². The van der Waals surface area contributed by atoms with Crippen molar-refractivity contribution in [2.75, 3.05) is 26.2 Å². The molecule has 1 fully saturated rings. The number of aryl methyl sites for hydroxylation is 1. The van der Waals surface area contributed by atoms with Crippen LogP contribution in [0.15, 0.2) is 23.1 Å². The number of rotatable bonds is 4. The molecule has 0 radical (unpaired) electrons. The van der Waals surface area contributed by atoms with Gasteiger partial charge in [0.05, 0.1) is 11.0 Å². The molecule has 1 aromatic rings. The van der Waals surface area contributed by atoms with Crippen LogP contribution >= 0.6 is 0 Å². The molecule has 26 heavy (non-hydrogen) atoms. The van der Waals surface area contributed by atoms with Crippen LogP contribution in [0.1, 0.15) is 40.2 Å². The van der Waals surface area contributed by atoms with Crippen LogP contribution in [0, 0.1) is 12.3 Å². The largest absolute Gasteiger partial charge is 0.491 e. The third kappa shape index (κ3) is 4.57. The number of hydrogen-bond donors (Lipinski definition) is 0. The molecule has 6 nitrogen and oxygen atoms in total. The van der Waals surface area contributed by atoms with E-state index >= 15 is 0 Å². The molecule has 2 rings (SSSR count). The van der Waals surface area contributed by atoms with Crippen molar-refractivity contribution in [2.24, 2.45) is 5.41 Å². The van der Waals surface area contributed by atoms with Gasteiger partial charge in [-0.15, -0.1) is 0 Å². The second-order valence-corrected chi connectivity index (χ2v) is 9.98. The van der Waals surface area contributed by atoms with E-state index in [1.807, 2.05) is 41.5 Å². The number of benzene rings is 1. The van der Waals surface area contributed by atoms with E-state index in [2.05, 4.69) is 0 Å². The summed E-state index contributed by atoms with van der Waals surface area (Å²) in [5, 5.41) is 0. The summed E-state index contributed by atoms with van der Waals surface area (Å²) in [5.41, 5.74) is 0.339. The first kappa shape index (κ1) is 20.7. The molecule has 146 valence electrons. The molecule has 0 N–H and O–H groups in total. The van der Waals surface area contributed by atoms with Gasteiger partial charge in [-0.05, 0) is 44.5 Å². The minimum absolute atomic E-state index is 0.0320. The third-order valence-electron chi connectivity index (χ3n) is 4.31. The number of piperazine rings is 1. The predicted molar refractivity (Wildman–Crippen MR) is 102 cm³/mol. The summed E-state index contributed by atoms with van der Waals surface area (Å²) >= 11 is 0. The smallest absolute Gasteiger partial charge is 0.243 e. The molecule has 1 heterocycles. The van der Waals surface area contributed by atoms with Gasteiger partial charge in [-0.1, -0.05) is 20.8 Å². The number of sulfonamides is 1. The maximum atomic E-state index is 12.9. The van der Waals surface area contributed by atoms with Crippen LogP contribution in [0.4, 0.5) is 0 Å². The average Bonchev–Trinajstić information content (AvgIpc) is 2.54. The van der Waals surface area contributed by atoms with Gasteiger partial charge in [0.25, 0.3) is 0 Å². The molecule has 0 saturated carbocycles. The number of hydrogen-bond acceptors (Lipinski definition) is 4. The van der Waals surface area contributed by atoms with Crippen LogP contribution in [0.3, 0.4) is 0 Å². The van der Waals surface area contributed by atoms with E-state index in [1.165, 1.54) is 4.31 Å². The number of nitrogens with zero attached hydrogens (tertiary/aromatic N) is 2. The zero-order chi connectivity index (χ0) is 19.7. The molecule has 0 bridgehead atoms. The Morgan fingerprint density at radius 2 is 1.69 bits per heavy atom. The first-order valence-corrected chi connectivity index (χ1v) is 10.4. The Bertz CT molecular complexity index is 758. The third-order valence-corrected chi connectivity index (χ3v) is 6.21. The number of amides is 1. The normalized spacial score (nSPS) is 16.8. The van der Waals surface area contributed by atoms with Crippen LogP contribution in [0.25, 0.3) is 0 Å². The zero-order valence-corrected chi connectivity index (χ0v) is 17.4. The maximum Gasteiger partial charge on any atom is 0.243 e. The van der Waals surface area contributed by atoms with Gasteiger partial charge in [0.15, 0.2) is 0 Å². The Balaban J connectivity index is 2.12. The fraction of sp³-hybridized carbons (Fsp3) is 0.632. The Morgan fingerprint density at radius 3 is 2.15 bits per heavy atom. The highest BCUT2D eigenvalue weighted by molar-refractivity contribution is 7.89. The quantitative estimate of drug-likeness (QED) is 0.803. The minimum atomic E-state index is -3.57. The van der Waals surface area contributed by atoms with Crippen molar-refractivity contribution in [3.8, 4) is 5.75 Å². The van der Waals surface area contributed by atoms with Crippen molar-refractivity contribution in [2.45, 2.75) is 52.5 Å². The van der Waals surface area contributed by atoms with Crippen LogP contribution in [0.5, 0.6) is 5.75 Å². The monoisotopic (exact) mass is 382 g/mol. The SMILES string of the molecule is Cc1cc(S(=O)(=O)N2CCN(C(=O)C(C)(C)C)CC2)ccc1OC(C)C. The first-order chi connectivity index (χ1) is 11.9. The van der Waals surface area contributed by atoms with E-state index in [9.17, 15) is 13.2 Å². The minimum Gasteiger partial charge on any atom is -0.491 e. The molecule has 1 aromatic carbocycles. The van der Waals surface area contributed by atoms with E-state index < -0.39 is 15.4 Å². The van der Waals surface area contributed by atoms with Crippen molar-refractivity contribution in [3.05, 3.63) is 23.8 Å². The molecule has 0 aromatic heterocycles. The average molecular weight is 383 g/mol. The highest BCUT2D eigenvalue weighted by Gasteiger charge is 2.33. The van der Waals surface area contributed by atoms with Gasteiger partial charge in [-0.3, -0.25) is 4.79 Å². The van der Waals surface area contributed by atoms with Crippen LogP contribution in [0.2, 0.25) is 0 Å². The van der Waals surface area contributed by atoms with Crippen molar-refractivity contribution >= 4 is 15.9 Å². The topological polar surface area (TPSA) is 66.9 Å².